The molecule has 8 atom stereocenters. The number of carbonyl (C=O) groups excluding carboxylic acids is 1. The van der Waals surface area contributed by atoms with Crippen molar-refractivity contribution in [1.29, 1.82) is 0 Å². The Morgan fingerprint density at radius 2 is 1.28 bits per heavy atom. The molecular formula is C35H64O8. The maximum atomic E-state index is 11.7. The lowest BCUT2D eigenvalue weighted by Crippen LogP contribution is -2.31. The van der Waals surface area contributed by atoms with Gasteiger partial charge in [0.15, 0.2) is 0 Å². The molecule has 2 heterocycles. The summed E-state index contributed by atoms with van der Waals surface area (Å²) in [5.74, 6) is -0.329. The smallest absolute Gasteiger partial charge is 0.334 e. The third-order valence-corrected chi connectivity index (χ3v) is 9.18. The Balaban J connectivity index is 1.46. The van der Waals surface area contributed by atoms with E-state index in [9.17, 15) is 30.3 Å². The number of hydrogen-bond donors (Lipinski definition) is 5. The van der Waals surface area contributed by atoms with Crippen LogP contribution in [-0.2, 0) is 14.3 Å². The molecule has 0 bridgehead atoms. The van der Waals surface area contributed by atoms with Gasteiger partial charge >= 0.3 is 5.97 Å². The molecule has 1 saturated heterocycles. The molecule has 1 fully saturated rings. The van der Waals surface area contributed by atoms with Crippen LogP contribution in [0.3, 0.4) is 0 Å². The number of esters is 1. The molecule has 252 valence electrons. The highest BCUT2D eigenvalue weighted by molar-refractivity contribution is 5.90. The fraction of sp³-hybridized carbons (Fsp3) is 0.914. The van der Waals surface area contributed by atoms with Crippen LogP contribution in [0.5, 0.6) is 0 Å². The van der Waals surface area contributed by atoms with Gasteiger partial charge in [0.2, 0.25) is 0 Å². The van der Waals surface area contributed by atoms with Gasteiger partial charge in [-0.3, -0.25) is 0 Å². The molecule has 0 aromatic heterocycles. The van der Waals surface area contributed by atoms with Crippen LogP contribution in [0.25, 0.3) is 0 Å². The third kappa shape index (κ3) is 16.7. The summed E-state index contributed by atoms with van der Waals surface area (Å²) in [6, 6.07) is 0. The highest BCUT2D eigenvalue weighted by atomic mass is 16.5. The number of cyclic esters (lactones) is 1. The Bertz CT molecular complexity index is 758. The molecule has 0 aromatic carbocycles. The Hall–Kier alpha value is -1.03. The van der Waals surface area contributed by atoms with E-state index in [0.29, 0.717) is 50.5 Å². The molecule has 0 amide bonds. The second-order valence-corrected chi connectivity index (χ2v) is 13.3. The van der Waals surface area contributed by atoms with E-state index in [1.807, 2.05) is 0 Å². The molecule has 8 heteroatoms. The summed E-state index contributed by atoms with van der Waals surface area (Å²) < 4.78 is 11.1. The fourth-order valence-electron chi connectivity index (χ4n) is 6.44. The number of ether oxygens (including phenoxy) is 2. The summed E-state index contributed by atoms with van der Waals surface area (Å²) in [6.07, 6.45) is 17.9. The van der Waals surface area contributed by atoms with Crippen LogP contribution in [-0.4, -0.2) is 80.3 Å². The topological polar surface area (TPSA) is 137 Å². The molecule has 2 aliphatic rings. The van der Waals surface area contributed by atoms with E-state index in [-0.39, 0.29) is 24.3 Å². The number of rotatable bonds is 26. The first-order valence-electron chi connectivity index (χ1n) is 17.7. The van der Waals surface area contributed by atoms with Crippen LogP contribution in [0.1, 0.15) is 155 Å². The third-order valence-electron chi connectivity index (χ3n) is 9.18. The summed E-state index contributed by atoms with van der Waals surface area (Å²) in [5.41, 5.74) is 0.559. The Labute approximate surface area is 261 Å². The molecule has 0 unspecified atom stereocenters. The molecule has 2 rings (SSSR count). The lowest BCUT2D eigenvalue weighted by atomic mass is 9.97. The molecule has 0 aromatic rings. The van der Waals surface area contributed by atoms with Crippen molar-refractivity contribution in [2.75, 3.05) is 0 Å². The van der Waals surface area contributed by atoms with Crippen LogP contribution >= 0.6 is 0 Å². The summed E-state index contributed by atoms with van der Waals surface area (Å²) in [6.45, 7) is 4.04. The lowest BCUT2D eigenvalue weighted by molar-refractivity contribution is -0.139. The molecule has 43 heavy (non-hydrogen) atoms. The molecule has 8 nitrogen and oxygen atoms in total. The van der Waals surface area contributed by atoms with Gasteiger partial charge in [-0.05, 0) is 64.4 Å². The van der Waals surface area contributed by atoms with Crippen molar-refractivity contribution in [3.05, 3.63) is 11.6 Å². The summed E-state index contributed by atoms with van der Waals surface area (Å²) in [7, 11) is 0. The van der Waals surface area contributed by atoms with Gasteiger partial charge in [0, 0.05) is 12.0 Å². The molecule has 0 spiro atoms. The van der Waals surface area contributed by atoms with Gasteiger partial charge < -0.3 is 35.0 Å². The minimum Gasteiger partial charge on any atom is -0.455 e. The maximum Gasteiger partial charge on any atom is 0.334 e. The Kier molecular flexibility index (Phi) is 19.9. The van der Waals surface area contributed by atoms with Gasteiger partial charge in [0.25, 0.3) is 0 Å². The van der Waals surface area contributed by atoms with E-state index in [2.05, 4.69) is 6.92 Å². The largest absolute Gasteiger partial charge is 0.455 e. The second kappa shape index (κ2) is 22.5. The number of unbranched alkanes of at least 4 members (excludes halogenated alkanes) is 11. The molecule has 0 saturated carbocycles. The van der Waals surface area contributed by atoms with Crippen molar-refractivity contribution >= 4 is 5.97 Å². The summed E-state index contributed by atoms with van der Waals surface area (Å²) in [5, 5.41) is 52.1. The van der Waals surface area contributed by atoms with Crippen molar-refractivity contribution in [3.63, 3.8) is 0 Å². The van der Waals surface area contributed by atoms with Crippen LogP contribution in [0.4, 0.5) is 0 Å². The second-order valence-electron chi connectivity index (χ2n) is 13.3. The minimum atomic E-state index is -0.826. The van der Waals surface area contributed by atoms with E-state index >= 15 is 0 Å². The highest BCUT2D eigenvalue weighted by Gasteiger charge is 2.32. The van der Waals surface area contributed by atoms with Crippen molar-refractivity contribution < 1.29 is 39.8 Å². The first-order valence-corrected chi connectivity index (χ1v) is 17.7. The van der Waals surface area contributed by atoms with E-state index in [1.54, 1.807) is 13.0 Å². The van der Waals surface area contributed by atoms with Gasteiger partial charge in [-0.2, -0.15) is 0 Å². The average Bonchev–Trinajstić information content (AvgIpc) is 3.56. The Morgan fingerprint density at radius 1 is 0.721 bits per heavy atom. The molecule has 0 radical (unpaired) electrons. The van der Waals surface area contributed by atoms with E-state index in [0.717, 1.165) is 44.9 Å². The monoisotopic (exact) mass is 612 g/mol. The van der Waals surface area contributed by atoms with Gasteiger partial charge in [0.1, 0.15) is 6.10 Å². The first kappa shape index (κ1) is 38.2. The summed E-state index contributed by atoms with van der Waals surface area (Å²) in [4.78, 5) is 11.7. The van der Waals surface area contributed by atoms with E-state index in [4.69, 9.17) is 9.47 Å². The molecule has 0 aliphatic carbocycles. The predicted molar refractivity (Wildman–Crippen MR) is 170 cm³/mol. The zero-order valence-corrected chi connectivity index (χ0v) is 27.2. The van der Waals surface area contributed by atoms with Crippen molar-refractivity contribution in [2.24, 2.45) is 0 Å². The highest BCUT2D eigenvalue weighted by Crippen LogP contribution is 2.28. The van der Waals surface area contributed by atoms with Gasteiger partial charge in [0.05, 0.1) is 42.7 Å². The van der Waals surface area contributed by atoms with Crippen LogP contribution < -0.4 is 0 Å². The quantitative estimate of drug-likeness (QED) is 0.0590. The van der Waals surface area contributed by atoms with Crippen molar-refractivity contribution in [2.45, 2.75) is 204 Å². The molecule has 5 N–H and O–H groups in total. The van der Waals surface area contributed by atoms with E-state index in [1.165, 1.54) is 51.4 Å². The predicted octanol–water partition coefficient (Wildman–Crippen LogP) is 6.03. The van der Waals surface area contributed by atoms with E-state index < -0.39 is 30.5 Å². The number of carbonyl (C=O) groups is 1. The average molecular weight is 613 g/mol. The summed E-state index contributed by atoms with van der Waals surface area (Å²) >= 11 is 0. The minimum absolute atomic E-state index is 0.0786. The zero-order valence-electron chi connectivity index (χ0n) is 27.2. The van der Waals surface area contributed by atoms with Crippen LogP contribution in [0.2, 0.25) is 0 Å². The number of hydrogen-bond acceptors (Lipinski definition) is 8. The fourth-order valence-corrected chi connectivity index (χ4v) is 6.44. The molecular weight excluding hydrogens is 548 g/mol. The van der Waals surface area contributed by atoms with Crippen LogP contribution in [0.15, 0.2) is 11.6 Å². The number of aliphatic hydroxyl groups excluding tert-OH is 5. The standard InChI is InChI=1S/C35H64O8/c1-3-4-5-6-7-8-9-10-11-15-18-31(38)32(39)20-21-33(40)34-22-19-30(43-34)25-29(37)17-14-12-13-16-28(36)24-27-23-26(2)42-35(27)41/h23,26,28-34,36-40H,3-22,24-25H2,1-2H3/t26-,28+,29+,30+,31-,32+,33-,34-/m0/s1. The van der Waals surface area contributed by atoms with Crippen LogP contribution in [0, 0.1) is 0 Å². The number of aliphatic hydroxyl groups is 5. The zero-order chi connectivity index (χ0) is 31.5. The maximum absolute atomic E-state index is 11.7. The Morgan fingerprint density at radius 3 is 1.91 bits per heavy atom. The molecule has 2 aliphatic heterocycles. The van der Waals surface area contributed by atoms with Gasteiger partial charge in [-0.25, -0.2) is 4.79 Å². The van der Waals surface area contributed by atoms with Gasteiger partial charge in [-0.1, -0.05) is 90.4 Å². The van der Waals surface area contributed by atoms with Gasteiger partial charge in [-0.15, -0.1) is 0 Å². The normalized spacial score (nSPS) is 24.0. The van der Waals surface area contributed by atoms with Crippen molar-refractivity contribution in [3.8, 4) is 0 Å². The lowest BCUT2D eigenvalue weighted by Gasteiger charge is -2.23. The first-order chi connectivity index (χ1) is 20.7. The SMILES string of the molecule is CCCCCCCCCCCC[C@H](O)[C@H](O)CC[C@H](O)[C@@H]1CC[C@H](C[C@H](O)CCCCC[C@@H](O)CC2=C[C@H](C)OC2=O)O1. The van der Waals surface area contributed by atoms with Crippen molar-refractivity contribution in [1.82, 2.24) is 0 Å².